The maximum absolute atomic E-state index is 12.0. The first-order valence-corrected chi connectivity index (χ1v) is 8.56. The Hall–Kier alpha value is -0.780. The molecule has 0 spiro atoms. The zero-order valence-corrected chi connectivity index (χ0v) is 14.8. The molecule has 1 amide bonds. The quantitative estimate of drug-likeness (QED) is 0.692. The summed E-state index contributed by atoms with van der Waals surface area (Å²) < 4.78 is 1.85. The molecule has 2 aromatic carbocycles. The number of carbonyl (C=O) groups excluding carboxylic acids is 1. The van der Waals surface area contributed by atoms with E-state index in [-0.39, 0.29) is 5.91 Å². The van der Waals surface area contributed by atoms with Crippen LogP contribution < -0.4 is 5.32 Å². The Morgan fingerprint density at radius 3 is 2.45 bits per heavy atom. The van der Waals surface area contributed by atoms with Gasteiger partial charge in [-0.15, -0.1) is 11.8 Å². The van der Waals surface area contributed by atoms with Gasteiger partial charge < -0.3 is 5.32 Å². The molecule has 0 radical (unpaired) electrons. The van der Waals surface area contributed by atoms with Crippen LogP contribution in [-0.4, -0.2) is 11.7 Å². The number of thioether (sulfide) groups is 1. The van der Waals surface area contributed by atoms with Crippen LogP contribution in [-0.2, 0) is 4.79 Å². The minimum absolute atomic E-state index is 0.0109. The van der Waals surface area contributed by atoms with Crippen molar-refractivity contribution in [2.24, 2.45) is 0 Å². The Labute approximate surface area is 139 Å². The summed E-state index contributed by atoms with van der Waals surface area (Å²) in [7, 11) is 0. The Kier molecular flexibility index (Phi) is 5.69. The SMILES string of the molecule is Cc1ccccc1SCC(=O)Nc1cc(Br)cc(Br)c1. The van der Waals surface area contributed by atoms with E-state index in [1.54, 1.807) is 11.8 Å². The van der Waals surface area contributed by atoms with Crippen LogP contribution in [0.5, 0.6) is 0 Å². The molecule has 20 heavy (non-hydrogen) atoms. The molecule has 2 rings (SSSR count). The minimum atomic E-state index is -0.0109. The van der Waals surface area contributed by atoms with Gasteiger partial charge in [0.05, 0.1) is 5.75 Å². The van der Waals surface area contributed by atoms with Gasteiger partial charge in [-0.05, 0) is 36.8 Å². The Balaban J connectivity index is 1.94. The highest BCUT2D eigenvalue weighted by molar-refractivity contribution is 9.11. The molecule has 0 heterocycles. The van der Waals surface area contributed by atoms with Gasteiger partial charge in [-0.1, -0.05) is 50.1 Å². The van der Waals surface area contributed by atoms with Crippen molar-refractivity contribution in [1.82, 2.24) is 0 Å². The lowest BCUT2D eigenvalue weighted by atomic mass is 10.2. The molecular weight excluding hydrogens is 402 g/mol. The number of anilines is 1. The highest BCUT2D eigenvalue weighted by atomic mass is 79.9. The van der Waals surface area contributed by atoms with Crippen LogP contribution in [0.2, 0.25) is 0 Å². The number of amides is 1. The number of benzene rings is 2. The van der Waals surface area contributed by atoms with E-state index < -0.39 is 0 Å². The summed E-state index contributed by atoms with van der Waals surface area (Å²) in [6.45, 7) is 2.05. The van der Waals surface area contributed by atoms with E-state index in [9.17, 15) is 4.79 Å². The molecule has 0 bridgehead atoms. The first-order valence-electron chi connectivity index (χ1n) is 5.99. The lowest BCUT2D eigenvalue weighted by Crippen LogP contribution is -2.14. The van der Waals surface area contributed by atoms with E-state index >= 15 is 0 Å². The average molecular weight is 415 g/mol. The number of hydrogen-bond donors (Lipinski definition) is 1. The molecule has 0 unspecified atom stereocenters. The van der Waals surface area contributed by atoms with Crippen molar-refractivity contribution in [2.75, 3.05) is 11.1 Å². The van der Waals surface area contributed by atoms with E-state index in [4.69, 9.17) is 0 Å². The summed E-state index contributed by atoms with van der Waals surface area (Å²) in [5, 5.41) is 2.89. The lowest BCUT2D eigenvalue weighted by Gasteiger charge is -2.07. The molecule has 0 aliphatic carbocycles. The highest BCUT2D eigenvalue weighted by Crippen LogP contribution is 2.25. The van der Waals surface area contributed by atoms with Crippen LogP contribution in [0.4, 0.5) is 5.69 Å². The van der Waals surface area contributed by atoms with E-state index in [1.807, 2.05) is 49.4 Å². The summed E-state index contributed by atoms with van der Waals surface area (Å²) in [6.07, 6.45) is 0. The molecule has 5 heteroatoms. The third kappa shape index (κ3) is 4.65. The van der Waals surface area contributed by atoms with Gasteiger partial charge in [-0.2, -0.15) is 0 Å². The molecule has 0 aliphatic rings. The van der Waals surface area contributed by atoms with Crippen LogP contribution in [0.1, 0.15) is 5.56 Å². The third-order valence-corrected chi connectivity index (χ3v) is 4.69. The van der Waals surface area contributed by atoms with Gasteiger partial charge in [-0.3, -0.25) is 4.79 Å². The van der Waals surface area contributed by atoms with Gasteiger partial charge >= 0.3 is 0 Å². The summed E-state index contributed by atoms with van der Waals surface area (Å²) in [4.78, 5) is 13.1. The van der Waals surface area contributed by atoms with Gasteiger partial charge in [-0.25, -0.2) is 0 Å². The fraction of sp³-hybridized carbons (Fsp3) is 0.133. The van der Waals surface area contributed by atoms with Crippen LogP contribution >= 0.6 is 43.6 Å². The smallest absolute Gasteiger partial charge is 0.234 e. The van der Waals surface area contributed by atoms with Gasteiger partial charge in [0, 0.05) is 19.5 Å². The fourth-order valence-electron chi connectivity index (χ4n) is 1.68. The molecular formula is C15H13Br2NOS. The van der Waals surface area contributed by atoms with E-state index in [2.05, 4.69) is 37.2 Å². The van der Waals surface area contributed by atoms with E-state index in [0.717, 1.165) is 19.5 Å². The zero-order chi connectivity index (χ0) is 14.5. The molecule has 1 N–H and O–H groups in total. The fourth-order valence-corrected chi connectivity index (χ4v) is 3.81. The van der Waals surface area contributed by atoms with Gasteiger partial charge in [0.25, 0.3) is 0 Å². The number of aryl methyl sites for hydroxylation is 1. The van der Waals surface area contributed by atoms with Crippen molar-refractivity contribution < 1.29 is 4.79 Å². The Bertz CT molecular complexity index is 611. The topological polar surface area (TPSA) is 29.1 Å². The third-order valence-electron chi connectivity index (χ3n) is 2.60. The summed E-state index contributed by atoms with van der Waals surface area (Å²) in [6, 6.07) is 13.7. The number of hydrogen-bond acceptors (Lipinski definition) is 2. The number of halogens is 2. The maximum atomic E-state index is 12.0. The summed E-state index contributed by atoms with van der Waals surface area (Å²) in [5.74, 6) is 0.387. The maximum Gasteiger partial charge on any atom is 0.234 e. The average Bonchev–Trinajstić information content (AvgIpc) is 2.36. The number of nitrogens with one attached hydrogen (secondary N) is 1. The standard InChI is InChI=1S/C15H13Br2NOS/c1-10-4-2-3-5-14(10)20-9-15(19)18-13-7-11(16)6-12(17)8-13/h2-8H,9H2,1H3,(H,18,19). The zero-order valence-electron chi connectivity index (χ0n) is 10.8. The predicted molar refractivity (Wildman–Crippen MR) is 92.4 cm³/mol. The Morgan fingerprint density at radius 1 is 1.15 bits per heavy atom. The molecule has 2 nitrogen and oxygen atoms in total. The second-order valence-electron chi connectivity index (χ2n) is 4.26. The molecule has 0 saturated heterocycles. The molecule has 2 aromatic rings. The second-order valence-corrected chi connectivity index (χ2v) is 7.11. The predicted octanol–water partition coefficient (Wildman–Crippen LogP) is 5.25. The van der Waals surface area contributed by atoms with Crippen molar-refractivity contribution in [1.29, 1.82) is 0 Å². The van der Waals surface area contributed by atoms with E-state index in [0.29, 0.717) is 5.75 Å². The normalized spacial score (nSPS) is 10.3. The van der Waals surface area contributed by atoms with Crippen LogP contribution in [0, 0.1) is 6.92 Å². The first-order chi connectivity index (χ1) is 9.54. The summed E-state index contributed by atoms with van der Waals surface area (Å²) in [5.41, 5.74) is 1.97. The summed E-state index contributed by atoms with van der Waals surface area (Å²) >= 11 is 8.35. The van der Waals surface area contributed by atoms with E-state index in [1.165, 1.54) is 5.56 Å². The molecule has 0 aromatic heterocycles. The molecule has 0 saturated carbocycles. The Morgan fingerprint density at radius 2 is 1.80 bits per heavy atom. The second kappa shape index (κ2) is 7.29. The molecule has 104 valence electrons. The molecule has 0 fully saturated rings. The van der Waals surface area contributed by atoms with Crippen LogP contribution in [0.25, 0.3) is 0 Å². The molecule has 0 atom stereocenters. The highest BCUT2D eigenvalue weighted by Gasteiger charge is 2.06. The monoisotopic (exact) mass is 413 g/mol. The largest absolute Gasteiger partial charge is 0.325 e. The number of rotatable bonds is 4. The van der Waals surface area contributed by atoms with Gasteiger partial charge in [0.15, 0.2) is 0 Å². The van der Waals surface area contributed by atoms with Crippen molar-refractivity contribution in [2.45, 2.75) is 11.8 Å². The van der Waals surface area contributed by atoms with Gasteiger partial charge in [0.2, 0.25) is 5.91 Å². The number of carbonyl (C=O) groups is 1. The van der Waals surface area contributed by atoms with Crippen molar-refractivity contribution in [3.05, 3.63) is 57.0 Å². The molecule has 0 aliphatic heterocycles. The first kappa shape index (κ1) is 15.6. The van der Waals surface area contributed by atoms with Gasteiger partial charge in [0.1, 0.15) is 0 Å². The lowest BCUT2D eigenvalue weighted by molar-refractivity contribution is -0.113. The van der Waals surface area contributed by atoms with Crippen molar-refractivity contribution in [3.8, 4) is 0 Å². The van der Waals surface area contributed by atoms with Crippen molar-refractivity contribution in [3.63, 3.8) is 0 Å². The van der Waals surface area contributed by atoms with Crippen LogP contribution in [0.3, 0.4) is 0 Å². The van der Waals surface area contributed by atoms with Crippen LogP contribution in [0.15, 0.2) is 56.3 Å². The minimum Gasteiger partial charge on any atom is -0.325 e. The van der Waals surface area contributed by atoms with Crippen molar-refractivity contribution >= 4 is 55.2 Å².